The molecule has 3 heterocycles. The molecule has 0 unspecified atom stereocenters. The Hall–Kier alpha value is -5.64. The number of nitrogens with one attached hydrogen (secondary N) is 1. The van der Waals surface area contributed by atoms with Gasteiger partial charge in [-0.25, -0.2) is 4.98 Å². The van der Waals surface area contributed by atoms with E-state index in [0.29, 0.717) is 16.6 Å². The summed E-state index contributed by atoms with van der Waals surface area (Å²) in [5.74, 6) is -1.88. The molecule has 3 N–H and O–H groups in total. The molecule has 7 atom stereocenters. The second-order valence-electron chi connectivity index (χ2n) is 12.6. The zero-order chi connectivity index (χ0) is 36.7. The number of anilines is 1. The van der Waals surface area contributed by atoms with Crippen molar-refractivity contribution < 1.29 is 48.3 Å². The molecule has 7 rings (SSSR count). The molecule has 1 aliphatic heterocycles. The molecule has 15 nitrogen and oxygen atoms in total. The van der Waals surface area contributed by atoms with Crippen molar-refractivity contribution in [3.05, 3.63) is 78.6 Å². The van der Waals surface area contributed by atoms with Crippen LogP contribution in [0, 0.1) is 0 Å². The van der Waals surface area contributed by atoms with Gasteiger partial charge in [-0.3, -0.25) is 19.0 Å². The maximum Gasteiger partial charge on any atom is 0.303 e. The number of imidazole rings is 1. The van der Waals surface area contributed by atoms with Gasteiger partial charge in [-0.1, -0.05) is 61.2 Å². The van der Waals surface area contributed by atoms with E-state index < -0.39 is 60.7 Å². The summed E-state index contributed by atoms with van der Waals surface area (Å²) in [5.41, 5.74) is 1.70. The van der Waals surface area contributed by atoms with E-state index in [1.54, 1.807) is 16.7 Å². The fourth-order valence-electron chi connectivity index (χ4n) is 7.13. The summed E-state index contributed by atoms with van der Waals surface area (Å²) in [6.45, 7) is 7.14. The first kappa shape index (κ1) is 34.8. The van der Waals surface area contributed by atoms with Crippen LogP contribution in [0.4, 0.5) is 5.95 Å². The van der Waals surface area contributed by atoms with Gasteiger partial charge in [0, 0.05) is 32.8 Å². The SMILES string of the molecule is C=CCOc1nc(N[C@H]2c3c(ccc4ccc5ccccc5c34)[C@H](OC(C)=O)[C@@H](OC(C)=O)[C@H]2OC(C)=O)nc2c1ncn2[C@H]1C[C@H](O)[C@@H](CO)O1. The third kappa shape index (κ3) is 6.38. The Kier molecular flexibility index (Phi) is 9.48. The Bertz CT molecular complexity index is 2200. The normalized spacial score (nSPS) is 24.0. The van der Waals surface area contributed by atoms with Crippen LogP contribution in [0.15, 0.2) is 67.5 Å². The minimum Gasteiger partial charge on any atom is -0.472 e. The first-order chi connectivity index (χ1) is 25.1. The Morgan fingerprint density at radius 2 is 1.69 bits per heavy atom. The number of carbonyl (C=O) groups excluding carboxylic acids is 3. The molecule has 1 fully saturated rings. The molecule has 3 aromatic carbocycles. The summed E-state index contributed by atoms with van der Waals surface area (Å²) in [5, 5.41) is 27.0. The van der Waals surface area contributed by atoms with Crippen molar-refractivity contribution >= 4 is 56.6 Å². The summed E-state index contributed by atoms with van der Waals surface area (Å²) in [7, 11) is 0. The molecule has 270 valence electrons. The van der Waals surface area contributed by atoms with Crippen molar-refractivity contribution in [2.75, 3.05) is 18.5 Å². The number of ether oxygens (including phenoxy) is 5. The highest BCUT2D eigenvalue weighted by Crippen LogP contribution is 2.48. The average molecular weight is 712 g/mol. The lowest BCUT2D eigenvalue weighted by molar-refractivity contribution is -0.187. The summed E-state index contributed by atoms with van der Waals surface area (Å²) >= 11 is 0. The number of nitrogens with zero attached hydrogens (tertiary/aromatic N) is 4. The number of aliphatic hydroxyl groups excluding tert-OH is 2. The fraction of sp³-hybridized carbons (Fsp3) is 0.351. The monoisotopic (exact) mass is 711 g/mol. The maximum atomic E-state index is 12.8. The minimum atomic E-state index is -1.28. The predicted octanol–water partition coefficient (Wildman–Crippen LogP) is 3.97. The van der Waals surface area contributed by atoms with Crippen molar-refractivity contribution in [3.8, 4) is 5.88 Å². The molecule has 1 saturated heterocycles. The van der Waals surface area contributed by atoms with Gasteiger partial charge in [-0.2, -0.15) is 9.97 Å². The molecule has 1 aliphatic carbocycles. The van der Waals surface area contributed by atoms with Crippen LogP contribution in [0.5, 0.6) is 5.88 Å². The van der Waals surface area contributed by atoms with Gasteiger partial charge in [0.2, 0.25) is 11.8 Å². The van der Waals surface area contributed by atoms with E-state index in [1.165, 1.54) is 27.1 Å². The van der Waals surface area contributed by atoms with E-state index >= 15 is 0 Å². The molecule has 2 aromatic heterocycles. The van der Waals surface area contributed by atoms with Gasteiger partial charge in [0.1, 0.15) is 18.9 Å². The van der Waals surface area contributed by atoms with Crippen molar-refractivity contribution in [3.63, 3.8) is 0 Å². The molecule has 0 amide bonds. The summed E-state index contributed by atoms with van der Waals surface area (Å²) in [4.78, 5) is 52.0. The first-order valence-electron chi connectivity index (χ1n) is 16.7. The highest BCUT2D eigenvalue weighted by Gasteiger charge is 2.50. The molecule has 0 spiro atoms. The van der Waals surface area contributed by atoms with Gasteiger partial charge >= 0.3 is 17.9 Å². The summed E-state index contributed by atoms with van der Waals surface area (Å²) in [6.07, 6.45) is -2.93. The van der Waals surface area contributed by atoms with Crippen LogP contribution >= 0.6 is 0 Å². The molecule has 5 aromatic rings. The van der Waals surface area contributed by atoms with Crippen molar-refractivity contribution in [1.82, 2.24) is 19.5 Å². The number of benzene rings is 3. The van der Waals surface area contributed by atoms with Crippen molar-refractivity contribution in [2.24, 2.45) is 0 Å². The lowest BCUT2D eigenvalue weighted by atomic mass is 9.77. The molecule has 52 heavy (non-hydrogen) atoms. The third-order valence-corrected chi connectivity index (χ3v) is 9.16. The molecular weight excluding hydrogens is 674 g/mol. The Labute approximate surface area is 297 Å². The zero-order valence-electron chi connectivity index (χ0n) is 28.6. The zero-order valence-corrected chi connectivity index (χ0v) is 28.6. The van der Waals surface area contributed by atoms with E-state index in [0.717, 1.165) is 21.5 Å². The van der Waals surface area contributed by atoms with Crippen LogP contribution < -0.4 is 10.1 Å². The van der Waals surface area contributed by atoms with Gasteiger partial charge in [-0.15, -0.1) is 0 Å². The topological polar surface area (TPSA) is 193 Å². The molecule has 0 bridgehead atoms. The van der Waals surface area contributed by atoms with Crippen LogP contribution in [0.2, 0.25) is 0 Å². The number of aliphatic hydroxyl groups is 2. The number of fused-ring (bicyclic) bond motifs is 6. The summed E-state index contributed by atoms with van der Waals surface area (Å²) in [6, 6.07) is 14.4. The first-order valence-corrected chi connectivity index (χ1v) is 16.7. The number of rotatable bonds is 10. The molecular formula is C37H37N5O10. The number of esters is 3. The molecule has 0 saturated carbocycles. The molecule has 0 radical (unpaired) electrons. The number of hydrogen-bond donors (Lipinski definition) is 3. The standard InChI is InChI=1S/C37H37N5O10/c1-5-14-48-36-31-35(42(17-38-31)27-15-25(47)26(16-43)52-27)40-37(41-36)39-30-29-24(13-12-22-11-10-21-8-6-7-9-23(21)28(22)29)32(49-18(2)44)34(51-20(4)46)33(30)50-19(3)45/h5-13,17,25-27,30,32-34,43,47H,1,14-16H2,2-4H3,(H,39,40,41)/t25-,26+,27+,30-,32-,33-,34+/m0/s1. The molecule has 15 heteroatoms. The number of aromatic nitrogens is 4. The van der Waals surface area contributed by atoms with Crippen LogP contribution in [-0.4, -0.2) is 85.3 Å². The van der Waals surface area contributed by atoms with Gasteiger partial charge < -0.3 is 39.2 Å². The fourth-order valence-corrected chi connectivity index (χ4v) is 7.13. The Morgan fingerprint density at radius 1 is 0.981 bits per heavy atom. The Morgan fingerprint density at radius 3 is 2.40 bits per heavy atom. The van der Waals surface area contributed by atoms with Crippen LogP contribution in [0.25, 0.3) is 32.7 Å². The second-order valence-corrected chi connectivity index (χ2v) is 12.6. The average Bonchev–Trinajstić information content (AvgIpc) is 3.71. The second kappa shape index (κ2) is 14.2. The highest BCUT2D eigenvalue weighted by atomic mass is 16.6. The summed E-state index contributed by atoms with van der Waals surface area (Å²) < 4.78 is 31.1. The van der Waals surface area contributed by atoms with Gasteiger partial charge in [0.05, 0.1) is 25.1 Å². The van der Waals surface area contributed by atoms with E-state index in [1.807, 2.05) is 42.5 Å². The number of hydrogen-bond acceptors (Lipinski definition) is 14. The minimum absolute atomic E-state index is 0.0171. The van der Waals surface area contributed by atoms with Crippen molar-refractivity contribution in [1.29, 1.82) is 0 Å². The lowest BCUT2D eigenvalue weighted by Gasteiger charge is -2.42. The largest absolute Gasteiger partial charge is 0.472 e. The van der Waals surface area contributed by atoms with Crippen LogP contribution in [0.1, 0.15) is 56.7 Å². The van der Waals surface area contributed by atoms with Crippen LogP contribution in [-0.2, 0) is 33.3 Å². The van der Waals surface area contributed by atoms with E-state index in [9.17, 15) is 24.6 Å². The van der Waals surface area contributed by atoms with Gasteiger partial charge in [0.25, 0.3) is 0 Å². The molecule has 2 aliphatic rings. The predicted molar refractivity (Wildman–Crippen MR) is 186 cm³/mol. The van der Waals surface area contributed by atoms with Gasteiger partial charge in [-0.05, 0) is 27.1 Å². The van der Waals surface area contributed by atoms with E-state index in [-0.39, 0.29) is 37.1 Å². The lowest BCUT2D eigenvalue weighted by Crippen LogP contribution is -2.50. The quantitative estimate of drug-likeness (QED) is 0.0815. The van der Waals surface area contributed by atoms with Crippen molar-refractivity contribution in [2.45, 2.75) is 70.0 Å². The third-order valence-electron chi connectivity index (χ3n) is 9.16. The van der Waals surface area contributed by atoms with E-state index in [4.69, 9.17) is 28.7 Å². The number of carbonyl (C=O) groups is 3. The smallest absolute Gasteiger partial charge is 0.303 e. The highest BCUT2D eigenvalue weighted by molar-refractivity contribution is 6.10. The maximum absolute atomic E-state index is 12.8. The Balaban J connectivity index is 1.47. The van der Waals surface area contributed by atoms with Crippen LogP contribution in [0.3, 0.4) is 0 Å². The van der Waals surface area contributed by atoms with E-state index in [2.05, 4.69) is 21.9 Å². The van der Waals surface area contributed by atoms with Gasteiger partial charge in [0.15, 0.2) is 29.5 Å².